The van der Waals surface area contributed by atoms with E-state index in [1.807, 2.05) is 0 Å². The van der Waals surface area contributed by atoms with Crippen molar-refractivity contribution in [3.05, 3.63) is 59.7 Å². The van der Waals surface area contributed by atoms with Gasteiger partial charge in [-0.2, -0.15) is 0 Å². The lowest BCUT2D eigenvalue weighted by molar-refractivity contribution is 0.108. The van der Waals surface area contributed by atoms with Crippen LogP contribution >= 0.6 is 0 Å². The zero-order chi connectivity index (χ0) is 13.4. The number of fused-ring (bicyclic) bond motifs is 3. The molecule has 1 heterocycles. The van der Waals surface area contributed by atoms with Crippen LogP contribution in [-0.4, -0.2) is 19.3 Å². The van der Waals surface area contributed by atoms with Crippen LogP contribution in [0.4, 0.5) is 0 Å². The molecule has 1 N–H and O–H groups in total. The van der Waals surface area contributed by atoms with Crippen LogP contribution in [0.2, 0.25) is 0 Å². The Balaban J connectivity index is 1.64. The molecule has 20 heavy (non-hydrogen) atoms. The van der Waals surface area contributed by atoms with E-state index < -0.39 is 0 Å². The van der Waals surface area contributed by atoms with Crippen LogP contribution < -0.4 is 5.32 Å². The molecule has 1 atom stereocenters. The Hall–Kier alpha value is -1.64. The number of nitrogens with one attached hydrogen (secondary N) is 1. The average Bonchev–Trinajstić information content (AvgIpc) is 3.11. The lowest BCUT2D eigenvalue weighted by atomic mass is 10.1. The van der Waals surface area contributed by atoms with Crippen molar-refractivity contribution in [2.75, 3.05) is 13.2 Å². The van der Waals surface area contributed by atoms with E-state index in [0.29, 0.717) is 12.1 Å². The van der Waals surface area contributed by atoms with Crippen molar-refractivity contribution in [3.63, 3.8) is 0 Å². The molecule has 1 fully saturated rings. The molecular formula is C18H19NO. The maximum Gasteiger partial charge on any atom is 0.0700 e. The van der Waals surface area contributed by atoms with E-state index >= 15 is 0 Å². The van der Waals surface area contributed by atoms with Crippen molar-refractivity contribution < 1.29 is 4.74 Å². The smallest absolute Gasteiger partial charge is 0.0700 e. The second-order valence-corrected chi connectivity index (χ2v) is 5.65. The lowest BCUT2D eigenvalue weighted by Crippen LogP contribution is -2.29. The van der Waals surface area contributed by atoms with Crippen molar-refractivity contribution in [1.29, 1.82) is 0 Å². The number of hydrogen-bond acceptors (Lipinski definition) is 2. The van der Waals surface area contributed by atoms with Gasteiger partial charge >= 0.3 is 0 Å². The monoisotopic (exact) mass is 265 g/mol. The van der Waals surface area contributed by atoms with Crippen LogP contribution in [-0.2, 0) is 4.74 Å². The van der Waals surface area contributed by atoms with Gasteiger partial charge in [0.25, 0.3) is 0 Å². The Labute approximate surface area is 119 Å². The van der Waals surface area contributed by atoms with Crippen molar-refractivity contribution >= 4 is 0 Å². The van der Waals surface area contributed by atoms with Crippen LogP contribution in [0.15, 0.2) is 48.5 Å². The number of benzene rings is 2. The first-order chi connectivity index (χ1) is 9.93. The number of rotatable bonds is 3. The Bertz CT molecular complexity index is 571. The third-order valence-corrected chi connectivity index (χ3v) is 4.41. The van der Waals surface area contributed by atoms with E-state index in [2.05, 4.69) is 53.8 Å². The van der Waals surface area contributed by atoms with Crippen LogP contribution in [0.5, 0.6) is 0 Å². The molecule has 1 saturated heterocycles. The van der Waals surface area contributed by atoms with E-state index in [1.165, 1.54) is 35.1 Å². The quantitative estimate of drug-likeness (QED) is 0.916. The zero-order valence-corrected chi connectivity index (χ0v) is 11.5. The van der Waals surface area contributed by atoms with Gasteiger partial charge in [-0.1, -0.05) is 48.5 Å². The van der Waals surface area contributed by atoms with Crippen LogP contribution in [0.3, 0.4) is 0 Å². The summed E-state index contributed by atoms with van der Waals surface area (Å²) in [5.41, 5.74) is 5.53. The summed E-state index contributed by atoms with van der Waals surface area (Å²) in [6.45, 7) is 1.86. The lowest BCUT2D eigenvalue weighted by Gasteiger charge is -2.18. The van der Waals surface area contributed by atoms with E-state index in [-0.39, 0.29) is 0 Å². The SMILES string of the molecule is c1ccc2c(c1)-c1ccccc1C2NCC1CCCO1. The summed E-state index contributed by atoms with van der Waals surface area (Å²) in [6, 6.07) is 17.7. The topological polar surface area (TPSA) is 21.3 Å². The van der Waals surface area contributed by atoms with Gasteiger partial charge in [0.15, 0.2) is 0 Å². The first-order valence-electron chi connectivity index (χ1n) is 7.47. The third-order valence-electron chi connectivity index (χ3n) is 4.41. The van der Waals surface area contributed by atoms with Gasteiger partial charge in [0, 0.05) is 13.2 Å². The largest absolute Gasteiger partial charge is 0.377 e. The fourth-order valence-corrected chi connectivity index (χ4v) is 3.43. The predicted molar refractivity (Wildman–Crippen MR) is 80.7 cm³/mol. The first-order valence-corrected chi connectivity index (χ1v) is 7.47. The van der Waals surface area contributed by atoms with Crippen LogP contribution in [0.1, 0.15) is 30.0 Å². The highest BCUT2D eigenvalue weighted by Crippen LogP contribution is 2.42. The molecule has 102 valence electrons. The maximum atomic E-state index is 5.73. The molecule has 0 spiro atoms. The van der Waals surface area contributed by atoms with E-state index in [1.54, 1.807) is 0 Å². The summed E-state index contributed by atoms with van der Waals surface area (Å²) >= 11 is 0. The van der Waals surface area contributed by atoms with E-state index in [0.717, 1.165) is 13.2 Å². The molecule has 2 heteroatoms. The highest BCUT2D eigenvalue weighted by molar-refractivity contribution is 5.78. The molecule has 0 saturated carbocycles. The number of ether oxygens (including phenoxy) is 1. The van der Waals surface area contributed by atoms with Crippen molar-refractivity contribution in [2.45, 2.75) is 25.0 Å². The Morgan fingerprint density at radius 1 is 0.950 bits per heavy atom. The summed E-state index contributed by atoms with van der Waals surface area (Å²) < 4.78 is 5.73. The molecule has 1 aliphatic heterocycles. The van der Waals surface area contributed by atoms with Crippen molar-refractivity contribution in [2.24, 2.45) is 0 Å². The maximum absolute atomic E-state index is 5.73. The van der Waals surface area contributed by atoms with Crippen molar-refractivity contribution in [1.82, 2.24) is 5.32 Å². The van der Waals surface area contributed by atoms with Gasteiger partial charge in [-0.25, -0.2) is 0 Å². The highest BCUT2D eigenvalue weighted by atomic mass is 16.5. The molecule has 2 aromatic carbocycles. The fourth-order valence-electron chi connectivity index (χ4n) is 3.43. The van der Waals surface area contributed by atoms with Gasteiger partial charge in [0.2, 0.25) is 0 Å². The molecule has 2 aliphatic rings. The molecular weight excluding hydrogens is 246 g/mol. The minimum Gasteiger partial charge on any atom is -0.377 e. The van der Waals surface area contributed by atoms with Gasteiger partial charge in [0.1, 0.15) is 0 Å². The summed E-state index contributed by atoms with van der Waals surface area (Å²) in [5.74, 6) is 0. The molecule has 4 rings (SSSR count). The van der Waals surface area contributed by atoms with E-state index in [4.69, 9.17) is 4.74 Å². The average molecular weight is 265 g/mol. The Morgan fingerprint density at radius 3 is 2.20 bits per heavy atom. The second kappa shape index (κ2) is 5.04. The second-order valence-electron chi connectivity index (χ2n) is 5.65. The van der Waals surface area contributed by atoms with Gasteiger partial charge < -0.3 is 10.1 Å². The minimum atomic E-state index is 0.312. The summed E-state index contributed by atoms with van der Waals surface area (Å²) in [7, 11) is 0. The summed E-state index contributed by atoms with van der Waals surface area (Å²) in [5, 5.41) is 3.71. The Morgan fingerprint density at radius 2 is 1.60 bits per heavy atom. The number of hydrogen-bond donors (Lipinski definition) is 1. The molecule has 1 unspecified atom stereocenters. The van der Waals surface area contributed by atoms with Gasteiger partial charge in [-0.3, -0.25) is 0 Å². The van der Waals surface area contributed by atoms with Crippen LogP contribution in [0, 0.1) is 0 Å². The molecule has 0 amide bonds. The van der Waals surface area contributed by atoms with Crippen molar-refractivity contribution in [3.8, 4) is 11.1 Å². The molecule has 2 nitrogen and oxygen atoms in total. The third kappa shape index (κ3) is 1.96. The minimum absolute atomic E-state index is 0.312. The molecule has 0 bridgehead atoms. The van der Waals surface area contributed by atoms with E-state index in [9.17, 15) is 0 Å². The predicted octanol–water partition coefficient (Wildman–Crippen LogP) is 3.53. The van der Waals surface area contributed by atoms with Gasteiger partial charge in [-0.15, -0.1) is 0 Å². The normalized spacial score (nSPS) is 20.9. The zero-order valence-electron chi connectivity index (χ0n) is 11.5. The molecule has 0 radical (unpaired) electrons. The fraction of sp³-hybridized carbons (Fsp3) is 0.333. The van der Waals surface area contributed by atoms with Gasteiger partial charge in [-0.05, 0) is 35.1 Å². The van der Waals surface area contributed by atoms with Gasteiger partial charge in [0.05, 0.1) is 12.1 Å². The molecule has 1 aliphatic carbocycles. The van der Waals surface area contributed by atoms with Crippen LogP contribution in [0.25, 0.3) is 11.1 Å². The molecule has 2 aromatic rings. The first kappa shape index (κ1) is 12.1. The standard InChI is InChI=1S/C18H19NO/c1-3-9-16-14(7-1)15-8-2-4-10-17(15)18(16)19-12-13-6-5-11-20-13/h1-4,7-10,13,18-19H,5-6,11-12H2. The Kier molecular flexibility index (Phi) is 3.06. The highest BCUT2D eigenvalue weighted by Gasteiger charge is 2.28. The molecule has 0 aromatic heterocycles. The summed E-state index contributed by atoms with van der Waals surface area (Å²) in [4.78, 5) is 0. The summed E-state index contributed by atoms with van der Waals surface area (Å²) in [6.07, 6.45) is 2.77.